The average molecular weight is 559 g/mol. The van der Waals surface area contributed by atoms with Gasteiger partial charge in [0.25, 0.3) is 0 Å². The van der Waals surface area contributed by atoms with Crippen molar-refractivity contribution in [2.24, 2.45) is 0 Å². The first kappa shape index (κ1) is 29.9. The van der Waals surface area contributed by atoms with Crippen LogP contribution in [0.4, 0.5) is 11.5 Å². The van der Waals surface area contributed by atoms with Gasteiger partial charge in [-0.15, -0.1) is 0 Å². The summed E-state index contributed by atoms with van der Waals surface area (Å²) in [4.78, 5) is 33.0. The van der Waals surface area contributed by atoms with Crippen molar-refractivity contribution in [3.8, 4) is 17.0 Å². The van der Waals surface area contributed by atoms with Crippen LogP contribution in [0.1, 0.15) is 60.9 Å². The van der Waals surface area contributed by atoms with Gasteiger partial charge in [0, 0.05) is 55.3 Å². The number of aromatic nitrogens is 3. The topological polar surface area (TPSA) is 115 Å². The Morgan fingerprint density at radius 1 is 0.951 bits per heavy atom. The van der Waals surface area contributed by atoms with E-state index < -0.39 is 0 Å². The number of anilines is 2. The van der Waals surface area contributed by atoms with Crippen molar-refractivity contribution in [3.05, 3.63) is 72.2 Å². The first-order valence-corrected chi connectivity index (χ1v) is 14.1. The molecule has 0 saturated heterocycles. The van der Waals surface area contributed by atoms with E-state index in [4.69, 9.17) is 14.6 Å². The lowest BCUT2D eigenvalue weighted by molar-refractivity contribution is -0.121. The summed E-state index contributed by atoms with van der Waals surface area (Å²) in [6.07, 6.45) is 10.5. The Morgan fingerprint density at radius 2 is 1.71 bits per heavy atom. The van der Waals surface area contributed by atoms with Gasteiger partial charge >= 0.3 is 0 Å². The summed E-state index contributed by atoms with van der Waals surface area (Å²) < 4.78 is 12.9. The standard InChI is InChI=1S/C32H38N4O5/c1-23-20-25(12-15-28(23)30(39)9-5-7-19-41-18-6-3-4-8-26(38)22-37)35-31-32-34-21-29(36(32)17-16-33-31)24-10-13-27(40-2)14-11-24/h10-17,20-21,37H,3-9,18-19,22H2,1-2H3,(H,33,35). The second-order valence-electron chi connectivity index (χ2n) is 10.00. The highest BCUT2D eigenvalue weighted by atomic mass is 16.5. The van der Waals surface area contributed by atoms with Crippen molar-refractivity contribution in [1.82, 2.24) is 14.4 Å². The highest BCUT2D eigenvalue weighted by molar-refractivity contribution is 5.98. The van der Waals surface area contributed by atoms with Crippen LogP contribution in [-0.2, 0) is 9.53 Å². The Balaban J connectivity index is 1.26. The third-order valence-electron chi connectivity index (χ3n) is 6.97. The number of nitrogens with zero attached hydrogens (tertiary/aromatic N) is 3. The fraction of sp³-hybridized carbons (Fsp3) is 0.375. The van der Waals surface area contributed by atoms with Crippen molar-refractivity contribution >= 4 is 28.7 Å². The third kappa shape index (κ3) is 8.22. The number of fused-ring (bicyclic) bond motifs is 1. The number of imidazole rings is 1. The molecule has 9 heteroatoms. The largest absolute Gasteiger partial charge is 0.497 e. The van der Waals surface area contributed by atoms with E-state index in [1.807, 2.05) is 66.2 Å². The minimum absolute atomic E-state index is 0.111. The van der Waals surface area contributed by atoms with Gasteiger partial charge in [0.2, 0.25) is 0 Å². The molecule has 0 radical (unpaired) electrons. The molecular formula is C32H38N4O5. The molecule has 0 unspecified atom stereocenters. The van der Waals surface area contributed by atoms with Crippen LogP contribution >= 0.6 is 0 Å². The number of benzene rings is 2. The van der Waals surface area contributed by atoms with Crippen molar-refractivity contribution in [1.29, 1.82) is 0 Å². The second kappa shape index (κ2) is 15.1. The van der Waals surface area contributed by atoms with Crippen molar-refractivity contribution in [3.63, 3.8) is 0 Å². The van der Waals surface area contributed by atoms with E-state index in [0.717, 1.165) is 65.9 Å². The summed E-state index contributed by atoms with van der Waals surface area (Å²) in [6, 6.07) is 13.6. The first-order valence-electron chi connectivity index (χ1n) is 14.1. The molecule has 0 saturated carbocycles. The van der Waals surface area contributed by atoms with Crippen LogP contribution in [0.3, 0.4) is 0 Å². The van der Waals surface area contributed by atoms with Crippen LogP contribution in [0.15, 0.2) is 61.1 Å². The van der Waals surface area contributed by atoms with Gasteiger partial charge in [0.05, 0.1) is 19.0 Å². The molecule has 41 heavy (non-hydrogen) atoms. The van der Waals surface area contributed by atoms with Crippen LogP contribution < -0.4 is 10.1 Å². The molecule has 0 spiro atoms. The molecule has 0 bridgehead atoms. The number of methoxy groups -OCH3 is 1. The zero-order valence-corrected chi connectivity index (χ0v) is 23.8. The molecule has 0 aliphatic carbocycles. The van der Waals surface area contributed by atoms with Crippen molar-refractivity contribution in [2.75, 3.05) is 32.2 Å². The number of carbonyl (C=O) groups excluding carboxylic acids is 2. The van der Waals surface area contributed by atoms with E-state index in [1.54, 1.807) is 13.3 Å². The average Bonchev–Trinajstić information content (AvgIpc) is 3.43. The highest BCUT2D eigenvalue weighted by Gasteiger charge is 2.13. The molecule has 2 aromatic heterocycles. The summed E-state index contributed by atoms with van der Waals surface area (Å²) in [7, 11) is 1.65. The molecule has 216 valence electrons. The fourth-order valence-corrected chi connectivity index (χ4v) is 4.68. The number of rotatable bonds is 17. The van der Waals surface area contributed by atoms with Gasteiger partial charge in [-0.3, -0.25) is 14.0 Å². The van der Waals surface area contributed by atoms with Crippen LogP contribution in [0.2, 0.25) is 0 Å². The minimum atomic E-state index is -0.371. The Morgan fingerprint density at radius 3 is 2.44 bits per heavy atom. The van der Waals surface area contributed by atoms with Gasteiger partial charge in [-0.05, 0) is 80.6 Å². The maximum absolute atomic E-state index is 12.8. The fourth-order valence-electron chi connectivity index (χ4n) is 4.68. The summed E-state index contributed by atoms with van der Waals surface area (Å²) in [6.45, 7) is 2.85. The SMILES string of the molecule is COc1ccc(-c2cnc3c(Nc4ccc(C(=O)CCCCOCCCCCC(=O)CO)c(C)c4)nccn23)cc1. The van der Waals surface area contributed by atoms with Gasteiger partial charge in [-0.1, -0.05) is 6.42 Å². The lowest BCUT2D eigenvalue weighted by Gasteiger charge is -2.11. The Bertz CT molecular complexity index is 1450. The van der Waals surface area contributed by atoms with Gasteiger partial charge in [-0.2, -0.15) is 0 Å². The number of aliphatic hydroxyl groups excluding tert-OH is 1. The summed E-state index contributed by atoms with van der Waals surface area (Å²) >= 11 is 0. The predicted molar refractivity (Wildman–Crippen MR) is 159 cm³/mol. The molecule has 0 amide bonds. The number of unbranched alkanes of at least 4 members (excludes halogenated alkanes) is 3. The molecule has 2 N–H and O–H groups in total. The number of carbonyl (C=O) groups is 2. The van der Waals surface area contributed by atoms with Gasteiger partial charge in [-0.25, -0.2) is 9.97 Å². The molecule has 0 fully saturated rings. The molecule has 9 nitrogen and oxygen atoms in total. The molecule has 0 atom stereocenters. The molecule has 2 heterocycles. The molecule has 0 aliphatic heterocycles. The van der Waals surface area contributed by atoms with Crippen LogP contribution in [0.25, 0.3) is 16.9 Å². The summed E-state index contributed by atoms with van der Waals surface area (Å²) in [5.41, 5.74) is 5.14. The molecule has 4 rings (SSSR count). The van der Waals surface area contributed by atoms with E-state index in [9.17, 15) is 9.59 Å². The normalized spacial score (nSPS) is 11.1. The Kier molecular flexibility index (Phi) is 11.0. The van der Waals surface area contributed by atoms with E-state index in [-0.39, 0.29) is 18.2 Å². The van der Waals surface area contributed by atoms with Gasteiger partial charge in [0.1, 0.15) is 12.4 Å². The lowest BCUT2D eigenvalue weighted by Crippen LogP contribution is -2.05. The number of ether oxygens (including phenoxy) is 2. The third-order valence-corrected chi connectivity index (χ3v) is 6.97. The Labute approximate surface area is 240 Å². The first-order chi connectivity index (χ1) is 20.0. The number of ketones is 2. The van der Waals surface area contributed by atoms with E-state index in [1.165, 1.54) is 0 Å². The maximum Gasteiger partial charge on any atom is 0.180 e. The van der Waals surface area contributed by atoms with Gasteiger partial charge < -0.3 is 19.9 Å². The molecule has 0 aliphatic rings. The van der Waals surface area contributed by atoms with E-state index in [0.29, 0.717) is 37.5 Å². The monoisotopic (exact) mass is 558 g/mol. The smallest absolute Gasteiger partial charge is 0.180 e. The highest BCUT2D eigenvalue weighted by Crippen LogP contribution is 2.27. The number of aliphatic hydroxyl groups is 1. The molecular weight excluding hydrogens is 520 g/mol. The Hall–Kier alpha value is -4.08. The van der Waals surface area contributed by atoms with E-state index >= 15 is 0 Å². The number of nitrogens with one attached hydrogen (secondary N) is 1. The number of hydrogen-bond acceptors (Lipinski definition) is 8. The van der Waals surface area contributed by atoms with Crippen LogP contribution in [0.5, 0.6) is 5.75 Å². The molecule has 2 aromatic carbocycles. The molecule has 4 aromatic rings. The summed E-state index contributed by atoms with van der Waals surface area (Å²) in [5.74, 6) is 1.44. The quantitative estimate of drug-likeness (QED) is 0.121. The zero-order chi connectivity index (χ0) is 29.0. The minimum Gasteiger partial charge on any atom is -0.497 e. The zero-order valence-electron chi connectivity index (χ0n) is 23.8. The second-order valence-corrected chi connectivity index (χ2v) is 10.00. The summed E-state index contributed by atoms with van der Waals surface area (Å²) in [5, 5.41) is 12.1. The van der Waals surface area contributed by atoms with E-state index in [2.05, 4.69) is 15.3 Å². The van der Waals surface area contributed by atoms with Crippen LogP contribution in [-0.4, -0.2) is 58.0 Å². The number of hydrogen-bond donors (Lipinski definition) is 2. The predicted octanol–water partition coefficient (Wildman–Crippen LogP) is 5.95. The maximum atomic E-state index is 12.8. The number of aryl methyl sites for hydroxylation is 1. The van der Waals surface area contributed by atoms with Gasteiger partial charge in [0.15, 0.2) is 23.0 Å². The van der Waals surface area contributed by atoms with Crippen molar-refractivity contribution in [2.45, 2.75) is 51.9 Å². The van der Waals surface area contributed by atoms with Crippen molar-refractivity contribution < 1.29 is 24.2 Å². The lowest BCUT2D eigenvalue weighted by atomic mass is 10.0. The van der Waals surface area contributed by atoms with Crippen LogP contribution in [0, 0.1) is 6.92 Å². The number of Topliss-reactive ketones (excluding diaryl/α,β-unsaturated/α-hetero) is 2.